The van der Waals surface area contributed by atoms with Crippen LogP contribution in [-0.2, 0) is 20.8 Å². The summed E-state index contributed by atoms with van der Waals surface area (Å²) >= 11 is 3.46. The van der Waals surface area contributed by atoms with E-state index in [1.807, 2.05) is 60.7 Å². The number of nitrogens with zero attached hydrogens (tertiary/aromatic N) is 1. The van der Waals surface area contributed by atoms with E-state index in [-0.39, 0.29) is 24.7 Å². The highest BCUT2D eigenvalue weighted by atomic mass is 79.9. The number of halogens is 1. The number of benzene rings is 4. The summed E-state index contributed by atoms with van der Waals surface area (Å²) in [4.78, 5) is 56.1. The van der Waals surface area contributed by atoms with Gasteiger partial charge >= 0.3 is 5.97 Å². The first kappa shape index (κ1) is 35.1. The van der Waals surface area contributed by atoms with Gasteiger partial charge in [0.05, 0.1) is 0 Å². The first-order chi connectivity index (χ1) is 23.7. The third kappa shape index (κ3) is 9.66. The number of amides is 3. The summed E-state index contributed by atoms with van der Waals surface area (Å²) < 4.78 is 6.68. The van der Waals surface area contributed by atoms with Crippen molar-refractivity contribution in [3.05, 3.63) is 113 Å². The van der Waals surface area contributed by atoms with Crippen LogP contribution in [0.4, 0.5) is 0 Å². The molecule has 0 radical (unpaired) electrons. The molecule has 0 unspecified atom stereocenters. The van der Waals surface area contributed by atoms with Crippen LogP contribution in [0.1, 0.15) is 41.6 Å². The zero-order valence-electron chi connectivity index (χ0n) is 26.9. The normalized spacial score (nSPS) is 15.2. The molecular weight excluding hydrogens is 688 g/mol. The third-order valence-corrected chi connectivity index (χ3v) is 8.82. The van der Waals surface area contributed by atoms with E-state index in [1.54, 1.807) is 41.3 Å². The number of ether oxygens (including phenoxy) is 1. The third-order valence-electron chi connectivity index (χ3n) is 8.33. The Hall–Kier alpha value is -5.23. The molecular formula is C37H39BrN6O5. The number of nitrogens with two attached hydrogens (primary N) is 1. The van der Waals surface area contributed by atoms with Crippen LogP contribution >= 0.6 is 15.9 Å². The second kappa shape index (κ2) is 16.7. The summed E-state index contributed by atoms with van der Waals surface area (Å²) in [5.41, 5.74) is 6.71. The van der Waals surface area contributed by atoms with Gasteiger partial charge in [0.1, 0.15) is 23.9 Å². The first-order valence-electron chi connectivity index (χ1n) is 16.2. The van der Waals surface area contributed by atoms with Gasteiger partial charge in [-0.05, 0) is 78.4 Å². The van der Waals surface area contributed by atoms with Crippen molar-refractivity contribution in [3.63, 3.8) is 0 Å². The van der Waals surface area contributed by atoms with Gasteiger partial charge in [0.15, 0.2) is 5.96 Å². The lowest BCUT2D eigenvalue weighted by molar-refractivity contribution is -0.140. The standard InChI is InChI=1S/C37H39BrN6O5/c38-28-17-15-27-23-29(18-16-26(27)22-28)49-36(48)30(13-7-19-41-37(39)40)42-33(45)31(21-24-9-3-1-4-10-24)43-34(46)32-14-8-20-44(32)35(47)25-11-5-2-6-12-25/h1-6,9-12,15-18,22-23,30-32H,7-8,13-14,19-21H2,(H,42,45)(H,43,46)(H4,39,40,41)/t30-,31-,32-/m0/s1. The fourth-order valence-corrected chi connectivity index (χ4v) is 6.23. The molecule has 12 heteroatoms. The average Bonchev–Trinajstić information content (AvgIpc) is 3.60. The molecule has 6 N–H and O–H groups in total. The number of esters is 1. The molecule has 0 spiro atoms. The molecule has 3 amide bonds. The number of hydrogen-bond acceptors (Lipinski definition) is 6. The van der Waals surface area contributed by atoms with E-state index < -0.39 is 35.9 Å². The molecule has 1 heterocycles. The highest BCUT2D eigenvalue weighted by molar-refractivity contribution is 9.10. The van der Waals surface area contributed by atoms with Gasteiger partial charge < -0.3 is 31.3 Å². The number of fused-ring (bicyclic) bond motifs is 1. The van der Waals surface area contributed by atoms with Crippen molar-refractivity contribution in [2.45, 2.75) is 50.2 Å². The Balaban J connectivity index is 1.33. The molecule has 11 nitrogen and oxygen atoms in total. The second-order valence-electron chi connectivity index (χ2n) is 11.9. The van der Waals surface area contributed by atoms with Gasteiger partial charge in [-0.3, -0.25) is 19.8 Å². The van der Waals surface area contributed by atoms with Crippen molar-refractivity contribution in [1.29, 1.82) is 5.41 Å². The summed E-state index contributed by atoms with van der Waals surface area (Å²) in [5.74, 6) is -1.81. The Morgan fingerprint density at radius 1 is 0.898 bits per heavy atom. The Kier molecular flexibility index (Phi) is 12.0. The Morgan fingerprint density at radius 3 is 2.33 bits per heavy atom. The maximum absolute atomic E-state index is 14.0. The van der Waals surface area contributed by atoms with Crippen LogP contribution < -0.4 is 26.4 Å². The van der Waals surface area contributed by atoms with Crippen LogP contribution in [0, 0.1) is 5.41 Å². The van der Waals surface area contributed by atoms with E-state index >= 15 is 0 Å². The zero-order valence-corrected chi connectivity index (χ0v) is 28.4. The quantitative estimate of drug-likeness (QED) is 0.0451. The van der Waals surface area contributed by atoms with Gasteiger partial charge in [-0.1, -0.05) is 76.6 Å². The van der Waals surface area contributed by atoms with Crippen molar-refractivity contribution in [3.8, 4) is 5.75 Å². The van der Waals surface area contributed by atoms with Gasteiger partial charge in [-0.2, -0.15) is 0 Å². The number of carbonyl (C=O) groups is 4. The summed E-state index contributed by atoms with van der Waals surface area (Å²) in [5, 5.41) is 17.7. The van der Waals surface area contributed by atoms with Gasteiger partial charge in [-0.15, -0.1) is 0 Å². The fraction of sp³-hybridized carbons (Fsp3) is 0.270. The summed E-state index contributed by atoms with van der Waals surface area (Å²) in [6.45, 7) is 0.729. The van der Waals surface area contributed by atoms with Gasteiger partial charge in [0.25, 0.3) is 5.91 Å². The van der Waals surface area contributed by atoms with Crippen LogP contribution in [0.5, 0.6) is 5.75 Å². The average molecular weight is 728 g/mol. The van der Waals surface area contributed by atoms with Crippen molar-refractivity contribution < 1.29 is 23.9 Å². The van der Waals surface area contributed by atoms with Crippen LogP contribution in [0.25, 0.3) is 10.8 Å². The smallest absolute Gasteiger partial charge is 0.334 e. The van der Waals surface area contributed by atoms with Crippen LogP contribution in [0.3, 0.4) is 0 Å². The molecule has 5 rings (SSSR count). The molecule has 3 atom stereocenters. The Morgan fingerprint density at radius 2 is 1.59 bits per heavy atom. The van der Waals surface area contributed by atoms with Gasteiger partial charge in [0.2, 0.25) is 11.8 Å². The van der Waals surface area contributed by atoms with Gasteiger partial charge in [0, 0.05) is 29.5 Å². The number of rotatable bonds is 13. The molecule has 1 fully saturated rings. The number of nitrogens with one attached hydrogen (secondary N) is 4. The molecule has 254 valence electrons. The summed E-state index contributed by atoms with van der Waals surface area (Å²) in [6, 6.07) is 26.2. The SMILES string of the molecule is N=C(N)NCCC[C@H](NC(=O)[C@H](Cc1ccccc1)NC(=O)[C@@H]1CCCN1C(=O)c1ccccc1)C(=O)Oc1ccc2cc(Br)ccc2c1. The molecule has 1 aliphatic rings. The van der Waals surface area contributed by atoms with E-state index in [0.717, 1.165) is 20.8 Å². The monoisotopic (exact) mass is 726 g/mol. The van der Waals surface area contributed by atoms with Crippen molar-refractivity contribution in [1.82, 2.24) is 20.9 Å². The minimum atomic E-state index is -1.07. The molecule has 4 aromatic carbocycles. The number of hydrogen-bond donors (Lipinski definition) is 5. The number of guanidine groups is 1. The predicted molar refractivity (Wildman–Crippen MR) is 191 cm³/mol. The molecule has 1 aliphatic heterocycles. The van der Waals surface area contributed by atoms with E-state index in [2.05, 4.69) is 31.9 Å². The second-order valence-corrected chi connectivity index (χ2v) is 12.8. The Bertz CT molecular complexity index is 1810. The highest BCUT2D eigenvalue weighted by Crippen LogP contribution is 2.25. The van der Waals surface area contributed by atoms with E-state index in [9.17, 15) is 19.2 Å². The lowest BCUT2D eigenvalue weighted by atomic mass is 10.0. The molecule has 0 aliphatic carbocycles. The van der Waals surface area contributed by atoms with Crippen molar-refractivity contribution >= 4 is 56.4 Å². The molecule has 4 aromatic rings. The maximum Gasteiger partial charge on any atom is 0.334 e. The van der Waals surface area contributed by atoms with E-state index in [1.165, 1.54) is 0 Å². The van der Waals surface area contributed by atoms with E-state index in [0.29, 0.717) is 43.7 Å². The fourth-order valence-electron chi connectivity index (χ4n) is 5.85. The van der Waals surface area contributed by atoms with Crippen LogP contribution in [0.15, 0.2) is 102 Å². The lowest BCUT2D eigenvalue weighted by Gasteiger charge is -2.27. The maximum atomic E-state index is 14.0. The lowest BCUT2D eigenvalue weighted by Crippen LogP contribution is -2.56. The predicted octanol–water partition coefficient (Wildman–Crippen LogP) is 4.29. The molecule has 49 heavy (non-hydrogen) atoms. The molecule has 0 aromatic heterocycles. The van der Waals surface area contributed by atoms with Crippen LogP contribution in [0.2, 0.25) is 0 Å². The molecule has 0 bridgehead atoms. The van der Waals surface area contributed by atoms with Crippen molar-refractivity contribution in [2.75, 3.05) is 13.1 Å². The molecule has 1 saturated heterocycles. The number of likely N-dealkylation sites (tertiary alicyclic amines) is 1. The van der Waals surface area contributed by atoms with Gasteiger partial charge in [-0.25, -0.2) is 4.79 Å². The first-order valence-corrected chi connectivity index (χ1v) is 17.0. The largest absolute Gasteiger partial charge is 0.425 e. The highest BCUT2D eigenvalue weighted by Gasteiger charge is 2.37. The summed E-state index contributed by atoms with van der Waals surface area (Å²) in [7, 11) is 0. The number of carbonyl (C=O) groups excluding carboxylic acids is 4. The zero-order chi connectivity index (χ0) is 34.8. The summed E-state index contributed by atoms with van der Waals surface area (Å²) in [6.07, 6.45) is 1.84. The molecule has 0 saturated carbocycles. The minimum absolute atomic E-state index is 0.158. The topological polar surface area (TPSA) is 167 Å². The van der Waals surface area contributed by atoms with Crippen LogP contribution in [-0.4, -0.2) is 65.8 Å². The minimum Gasteiger partial charge on any atom is -0.425 e. The van der Waals surface area contributed by atoms with E-state index in [4.69, 9.17) is 15.9 Å². The van der Waals surface area contributed by atoms with Crippen molar-refractivity contribution in [2.24, 2.45) is 5.73 Å². The Labute approximate surface area is 293 Å².